The molecule has 0 aromatic heterocycles. The minimum absolute atomic E-state index is 0.0442. The van der Waals surface area contributed by atoms with Gasteiger partial charge in [-0.15, -0.1) is 0 Å². The molecule has 0 saturated carbocycles. The lowest BCUT2D eigenvalue weighted by molar-refractivity contribution is 0.238. The predicted molar refractivity (Wildman–Crippen MR) is 98.1 cm³/mol. The molecule has 2 aromatic carbocycles. The summed E-state index contributed by atoms with van der Waals surface area (Å²) in [5, 5.41) is 30.1. The summed E-state index contributed by atoms with van der Waals surface area (Å²) < 4.78 is 0. The van der Waals surface area contributed by atoms with Crippen molar-refractivity contribution < 1.29 is 0 Å². The Hall–Kier alpha value is -3.55. The Kier molecular flexibility index (Phi) is 3.83. The standard InChI is InChI=1S/C22H18N4/c1-20(16-9-5-3-6-10-16)18(13-23)19(26)22(14-24,15-25)21(20,2)17-11-7-4-8-12-17/h3-12H,26H2,1-2H3. The average Bonchev–Trinajstić information content (AvgIpc) is 2.85. The van der Waals surface area contributed by atoms with E-state index in [9.17, 15) is 15.8 Å². The Balaban J connectivity index is 2.51. The Morgan fingerprint density at radius 2 is 1.23 bits per heavy atom. The van der Waals surface area contributed by atoms with Crippen LogP contribution in [0.25, 0.3) is 0 Å². The highest BCUT2D eigenvalue weighted by atomic mass is 14.8. The van der Waals surface area contributed by atoms with Crippen molar-refractivity contribution >= 4 is 0 Å². The van der Waals surface area contributed by atoms with E-state index in [1.54, 1.807) is 0 Å². The van der Waals surface area contributed by atoms with E-state index < -0.39 is 16.2 Å². The summed E-state index contributed by atoms with van der Waals surface area (Å²) in [6, 6.07) is 25.4. The summed E-state index contributed by atoms with van der Waals surface area (Å²) in [7, 11) is 0. The average molecular weight is 338 g/mol. The topological polar surface area (TPSA) is 97.4 Å². The van der Waals surface area contributed by atoms with Crippen LogP contribution in [0, 0.1) is 39.4 Å². The van der Waals surface area contributed by atoms with E-state index in [0.29, 0.717) is 0 Å². The molecule has 0 radical (unpaired) electrons. The van der Waals surface area contributed by atoms with Crippen molar-refractivity contribution in [3.05, 3.63) is 83.1 Å². The molecule has 0 heterocycles. The van der Waals surface area contributed by atoms with Gasteiger partial charge in [-0.05, 0) is 18.1 Å². The maximum atomic E-state index is 10.1. The highest BCUT2D eigenvalue weighted by molar-refractivity contribution is 5.65. The van der Waals surface area contributed by atoms with Crippen molar-refractivity contribution in [2.45, 2.75) is 24.7 Å². The first-order chi connectivity index (χ1) is 12.4. The smallest absolute Gasteiger partial charge is 0.194 e. The van der Waals surface area contributed by atoms with Crippen molar-refractivity contribution in [3.63, 3.8) is 0 Å². The molecule has 0 amide bonds. The van der Waals surface area contributed by atoms with Crippen LogP contribution in [0.15, 0.2) is 71.9 Å². The lowest BCUT2D eigenvalue weighted by Crippen LogP contribution is -2.52. The Labute approximate surface area is 153 Å². The van der Waals surface area contributed by atoms with Crippen LogP contribution in [0.2, 0.25) is 0 Å². The zero-order valence-electron chi connectivity index (χ0n) is 14.7. The fraction of sp³-hybridized carbons (Fsp3) is 0.227. The third-order valence-electron chi connectivity index (χ3n) is 6.07. The highest BCUT2D eigenvalue weighted by Crippen LogP contribution is 2.64. The fourth-order valence-electron chi connectivity index (χ4n) is 4.37. The molecule has 126 valence electrons. The molecule has 0 aliphatic heterocycles. The summed E-state index contributed by atoms with van der Waals surface area (Å²) >= 11 is 0. The van der Waals surface area contributed by atoms with Crippen molar-refractivity contribution in [2.24, 2.45) is 11.1 Å². The van der Waals surface area contributed by atoms with Crippen LogP contribution < -0.4 is 5.73 Å². The third-order valence-corrected chi connectivity index (χ3v) is 6.07. The first-order valence-corrected chi connectivity index (χ1v) is 8.28. The normalized spacial score (nSPS) is 26.6. The van der Waals surface area contributed by atoms with Gasteiger partial charge in [0.15, 0.2) is 5.41 Å². The molecule has 0 fully saturated rings. The number of allylic oxidation sites excluding steroid dienone is 2. The molecule has 2 atom stereocenters. The van der Waals surface area contributed by atoms with Crippen LogP contribution in [0.4, 0.5) is 0 Å². The van der Waals surface area contributed by atoms with Crippen LogP contribution in [0.3, 0.4) is 0 Å². The Bertz CT molecular complexity index is 988. The fourth-order valence-corrected chi connectivity index (χ4v) is 4.37. The van der Waals surface area contributed by atoms with Crippen LogP contribution in [-0.2, 0) is 10.8 Å². The van der Waals surface area contributed by atoms with E-state index >= 15 is 0 Å². The van der Waals surface area contributed by atoms with Crippen LogP contribution in [-0.4, -0.2) is 0 Å². The highest BCUT2D eigenvalue weighted by Gasteiger charge is 2.69. The number of rotatable bonds is 2. The second-order valence-electron chi connectivity index (χ2n) is 6.86. The van der Waals surface area contributed by atoms with Gasteiger partial charge in [-0.25, -0.2) is 0 Å². The molecule has 2 unspecified atom stereocenters. The van der Waals surface area contributed by atoms with E-state index in [1.165, 1.54) is 0 Å². The van der Waals surface area contributed by atoms with E-state index in [-0.39, 0.29) is 11.3 Å². The van der Waals surface area contributed by atoms with E-state index in [0.717, 1.165) is 11.1 Å². The first-order valence-electron chi connectivity index (χ1n) is 8.28. The third kappa shape index (κ3) is 1.75. The SMILES string of the molecule is CC1(c2ccccc2)C(C#N)=C(N)C(C#N)(C#N)C1(C)c1ccccc1. The van der Waals surface area contributed by atoms with Gasteiger partial charge in [0.05, 0.1) is 29.5 Å². The number of hydrogen-bond acceptors (Lipinski definition) is 4. The first kappa shape index (κ1) is 17.3. The molecule has 4 nitrogen and oxygen atoms in total. The molecule has 3 rings (SSSR count). The van der Waals surface area contributed by atoms with Crippen molar-refractivity contribution in [1.29, 1.82) is 15.8 Å². The van der Waals surface area contributed by atoms with Gasteiger partial charge >= 0.3 is 0 Å². The molecule has 1 aliphatic rings. The summed E-state index contributed by atoms with van der Waals surface area (Å²) in [5.41, 5.74) is 4.67. The molecular weight excluding hydrogens is 320 g/mol. The minimum Gasteiger partial charge on any atom is -0.399 e. The monoisotopic (exact) mass is 338 g/mol. The summed E-state index contributed by atoms with van der Waals surface area (Å²) in [5.74, 6) is 0. The summed E-state index contributed by atoms with van der Waals surface area (Å²) in [6.45, 7) is 3.76. The number of nitrogens with zero attached hydrogens (tertiary/aromatic N) is 3. The van der Waals surface area contributed by atoms with Crippen LogP contribution >= 0.6 is 0 Å². The van der Waals surface area contributed by atoms with Gasteiger partial charge in [-0.3, -0.25) is 0 Å². The maximum Gasteiger partial charge on any atom is 0.194 e. The summed E-state index contributed by atoms with van der Waals surface area (Å²) in [6.07, 6.45) is 0. The second kappa shape index (κ2) is 5.76. The largest absolute Gasteiger partial charge is 0.399 e. The quantitative estimate of drug-likeness (QED) is 0.903. The van der Waals surface area contributed by atoms with E-state index in [4.69, 9.17) is 5.73 Å². The molecule has 2 aromatic rings. The minimum atomic E-state index is -1.65. The van der Waals surface area contributed by atoms with Gasteiger partial charge in [-0.2, -0.15) is 15.8 Å². The number of benzene rings is 2. The molecule has 0 bridgehead atoms. The number of nitriles is 3. The molecular formula is C22H18N4. The number of nitrogens with two attached hydrogens (primary N) is 1. The molecule has 0 spiro atoms. The lowest BCUT2D eigenvalue weighted by atomic mass is 9.51. The zero-order chi connectivity index (χ0) is 19.0. The van der Waals surface area contributed by atoms with Crippen molar-refractivity contribution in [3.8, 4) is 18.2 Å². The lowest BCUT2D eigenvalue weighted by Gasteiger charge is -2.47. The van der Waals surface area contributed by atoms with Gasteiger partial charge < -0.3 is 5.73 Å². The maximum absolute atomic E-state index is 10.1. The van der Waals surface area contributed by atoms with Gasteiger partial charge in [0, 0.05) is 10.8 Å². The Morgan fingerprint density at radius 3 is 1.65 bits per heavy atom. The van der Waals surface area contributed by atoms with Crippen molar-refractivity contribution in [1.82, 2.24) is 0 Å². The molecule has 2 N–H and O–H groups in total. The zero-order valence-corrected chi connectivity index (χ0v) is 14.7. The summed E-state index contributed by atoms with van der Waals surface area (Å²) in [4.78, 5) is 0. The van der Waals surface area contributed by atoms with E-state index in [1.807, 2.05) is 74.5 Å². The molecule has 0 saturated heterocycles. The van der Waals surface area contributed by atoms with Gasteiger partial charge in [0.25, 0.3) is 0 Å². The number of hydrogen-bond donors (Lipinski definition) is 1. The van der Waals surface area contributed by atoms with Crippen LogP contribution in [0.5, 0.6) is 0 Å². The second-order valence-corrected chi connectivity index (χ2v) is 6.86. The van der Waals surface area contributed by atoms with Crippen molar-refractivity contribution in [2.75, 3.05) is 0 Å². The molecule has 1 aliphatic carbocycles. The van der Waals surface area contributed by atoms with Gasteiger partial charge in [-0.1, -0.05) is 67.6 Å². The van der Waals surface area contributed by atoms with Gasteiger partial charge in [0.1, 0.15) is 0 Å². The Morgan fingerprint density at radius 1 is 0.769 bits per heavy atom. The molecule has 4 heteroatoms. The molecule has 26 heavy (non-hydrogen) atoms. The van der Waals surface area contributed by atoms with Crippen LogP contribution in [0.1, 0.15) is 25.0 Å². The predicted octanol–water partition coefficient (Wildman–Crippen LogP) is 3.69. The van der Waals surface area contributed by atoms with Gasteiger partial charge in [0.2, 0.25) is 0 Å². The van der Waals surface area contributed by atoms with E-state index in [2.05, 4.69) is 18.2 Å².